The molecule has 5 rings (SSSR count). The van der Waals surface area contributed by atoms with Gasteiger partial charge in [0, 0.05) is 32.1 Å². The zero-order chi connectivity index (χ0) is 20.3. The highest BCUT2D eigenvalue weighted by molar-refractivity contribution is 5.83. The van der Waals surface area contributed by atoms with Gasteiger partial charge in [0.25, 0.3) is 0 Å². The van der Waals surface area contributed by atoms with Gasteiger partial charge in [-0.15, -0.1) is 0 Å². The molecule has 2 fully saturated rings. The van der Waals surface area contributed by atoms with Crippen LogP contribution in [-0.2, 0) is 4.79 Å². The Morgan fingerprint density at radius 3 is 1.73 bits per heavy atom. The van der Waals surface area contributed by atoms with Crippen molar-refractivity contribution in [2.45, 2.75) is 18.4 Å². The summed E-state index contributed by atoms with van der Waals surface area (Å²) in [4.78, 5) is 17.7. The second-order valence-corrected chi connectivity index (χ2v) is 8.44. The number of hydrogen-bond donors (Lipinski definition) is 0. The summed E-state index contributed by atoms with van der Waals surface area (Å²) in [5, 5.41) is 0. The highest BCUT2D eigenvalue weighted by Crippen LogP contribution is 2.48. The Morgan fingerprint density at radius 2 is 1.20 bits per heavy atom. The van der Waals surface area contributed by atoms with E-state index in [2.05, 4.69) is 94.7 Å². The van der Waals surface area contributed by atoms with E-state index < -0.39 is 0 Å². The van der Waals surface area contributed by atoms with Crippen molar-refractivity contribution in [2.24, 2.45) is 5.92 Å². The van der Waals surface area contributed by atoms with E-state index >= 15 is 0 Å². The molecule has 1 aliphatic heterocycles. The summed E-state index contributed by atoms with van der Waals surface area (Å²) < 4.78 is 0. The van der Waals surface area contributed by atoms with Gasteiger partial charge in [0.15, 0.2) is 0 Å². The molecular weight excluding hydrogens is 368 g/mol. The molecule has 0 unspecified atom stereocenters. The fraction of sp³-hybridized carbons (Fsp3) is 0.296. The van der Waals surface area contributed by atoms with Crippen LogP contribution in [0.25, 0.3) is 0 Å². The second kappa shape index (κ2) is 8.45. The highest BCUT2D eigenvalue weighted by atomic mass is 16.2. The van der Waals surface area contributed by atoms with E-state index in [1.165, 1.54) is 16.7 Å². The Morgan fingerprint density at radius 1 is 0.700 bits per heavy atom. The Balaban J connectivity index is 1.26. The fourth-order valence-corrected chi connectivity index (χ4v) is 4.86. The molecule has 3 aromatic carbocycles. The van der Waals surface area contributed by atoms with Gasteiger partial charge in [0.1, 0.15) is 0 Å². The number of rotatable bonds is 5. The third-order valence-electron chi connectivity index (χ3n) is 6.56. The first kappa shape index (κ1) is 19.1. The molecule has 1 heterocycles. The highest BCUT2D eigenvalue weighted by Gasteiger charge is 2.46. The summed E-state index contributed by atoms with van der Waals surface area (Å²) in [6, 6.07) is 32.2. The van der Waals surface area contributed by atoms with Gasteiger partial charge in [-0.2, -0.15) is 0 Å². The lowest BCUT2D eigenvalue weighted by molar-refractivity contribution is -0.134. The van der Waals surface area contributed by atoms with Gasteiger partial charge in [0.05, 0.1) is 6.04 Å². The number of carbonyl (C=O) groups is 1. The Hall–Kier alpha value is -2.91. The minimum Gasteiger partial charge on any atom is -0.340 e. The predicted octanol–water partition coefficient (Wildman–Crippen LogP) is 4.72. The van der Waals surface area contributed by atoms with Crippen LogP contribution in [0.15, 0.2) is 91.0 Å². The minimum atomic E-state index is 0.179. The van der Waals surface area contributed by atoms with Crippen LogP contribution in [0.5, 0.6) is 0 Å². The first-order valence-corrected chi connectivity index (χ1v) is 11.0. The van der Waals surface area contributed by atoms with Crippen molar-refractivity contribution < 1.29 is 4.79 Å². The van der Waals surface area contributed by atoms with Crippen LogP contribution in [0.3, 0.4) is 0 Å². The van der Waals surface area contributed by atoms with Gasteiger partial charge < -0.3 is 4.90 Å². The molecule has 0 N–H and O–H groups in total. The normalized spacial score (nSPS) is 21.6. The Bertz CT molecular complexity index is 926. The van der Waals surface area contributed by atoms with Gasteiger partial charge in [-0.25, -0.2) is 0 Å². The Labute approximate surface area is 178 Å². The summed E-state index contributed by atoms with van der Waals surface area (Å²) in [7, 11) is 0. The maximum atomic E-state index is 13.1. The summed E-state index contributed by atoms with van der Waals surface area (Å²) in [5.74, 6) is 0.940. The van der Waals surface area contributed by atoms with E-state index in [1.807, 2.05) is 6.07 Å². The molecule has 1 aliphatic carbocycles. The third-order valence-corrected chi connectivity index (χ3v) is 6.56. The lowest BCUT2D eigenvalue weighted by atomic mass is 9.96. The van der Waals surface area contributed by atoms with Gasteiger partial charge in [0.2, 0.25) is 5.91 Å². The molecule has 3 aromatic rings. The Kier molecular flexibility index (Phi) is 5.37. The number of hydrogen-bond acceptors (Lipinski definition) is 2. The summed E-state index contributed by atoms with van der Waals surface area (Å²) in [5.41, 5.74) is 3.94. The second-order valence-electron chi connectivity index (χ2n) is 8.44. The maximum Gasteiger partial charge on any atom is 0.226 e. The zero-order valence-corrected chi connectivity index (χ0v) is 17.2. The average Bonchev–Trinajstić information content (AvgIpc) is 3.62. The smallest absolute Gasteiger partial charge is 0.226 e. The first-order chi connectivity index (χ1) is 14.8. The molecule has 1 amide bonds. The molecule has 0 aromatic heterocycles. The predicted molar refractivity (Wildman–Crippen MR) is 120 cm³/mol. The van der Waals surface area contributed by atoms with Gasteiger partial charge in [-0.1, -0.05) is 91.0 Å². The van der Waals surface area contributed by atoms with E-state index in [9.17, 15) is 4.79 Å². The van der Waals surface area contributed by atoms with Crippen LogP contribution in [0.1, 0.15) is 35.1 Å². The lowest BCUT2D eigenvalue weighted by Crippen LogP contribution is -2.50. The van der Waals surface area contributed by atoms with Gasteiger partial charge in [-0.05, 0) is 29.0 Å². The van der Waals surface area contributed by atoms with Crippen molar-refractivity contribution in [1.82, 2.24) is 9.80 Å². The topological polar surface area (TPSA) is 23.6 Å². The molecule has 2 aliphatic rings. The number of amides is 1. The van der Waals surface area contributed by atoms with Crippen molar-refractivity contribution in [3.63, 3.8) is 0 Å². The zero-order valence-electron chi connectivity index (χ0n) is 17.2. The van der Waals surface area contributed by atoms with E-state index in [0.29, 0.717) is 11.8 Å². The standard InChI is InChI=1S/C27H28N2O/c30-27(25-20-24(25)21-10-4-1-5-11-21)29-18-16-28(17-19-29)26(22-12-6-2-7-13-22)23-14-8-3-9-15-23/h1-15,24-26H,16-20H2/t24-,25+/m0/s1. The summed E-state index contributed by atoms with van der Waals surface area (Å²) >= 11 is 0. The molecule has 0 bridgehead atoms. The average molecular weight is 397 g/mol. The molecule has 30 heavy (non-hydrogen) atoms. The molecule has 0 spiro atoms. The van der Waals surface area contributed by atoms with E-state index in [-0.39, 0.29) is 12.0 Å². The van der Waals surface area contributed by atoms with E-state index in [0.717, 1.165) is 32.6 Å². The number of piperazine rings is 1. The monoisotopic (exact) mass is 396 g/mol. The maximum absolute atomic E-state index is 13.1. The van der Waals surface area contributed by atoms with Crippen molar-refractivity contribution in [1.29, 1.82) is 0 Å². The SMILES string of the molecule is O=C([C@@H]1C[C@H]1c1ccccc1)N1CCN(C(c2ccccc2)c2ccccc2)CC1. The van der Waals surface area contributed by atoms with Crippen molar-refractivity contribution in [3.8, 4) is 0 Å². The molecule has 0 radical (unpaired) electrons. The molecule has 3 heteroatoms. The minimum absolute atomic E-state index is 0.179. The van der Waals surface area contributed by atoms with E-state index in [4.69, 9.17) is 0 Å². The van der Waals surface area contributed by atoms with Gasteiger partial charge >= 0.3 is 0 Å². The fourth-order valence-electron chi connectivity index (χ4n) is 4.86. The number of benzene rings is 3. The van der Waals surface area contributed by atoms with Crippen LogP contribution >= 0.6 is 0 Å². The molecule has 1 saturated heterocycles. The van der Waals surface area contributed by atoms with Crippen LogP contribution < -0.4 is 0 Å². The van der Waals surface area contributed by atoms with Crippen LogP contribution in [0, 0.1) is 5.92 Å². The lowest BCUT2D eigenvalue weighted by Gasteiger charge is -2.40. The quantitative estimate of drug-likeness (QED) is 0.623. The van der Waals surface area contributed by atoms with Crippen molar-refractivity contribution >= 4 is 5.91 Å². The van der Waals surface area contributed by atoms with E-state index in [1.54, 1.807) is 0 Å². The number of carbonyl (C=O) groups excluding carboxylic acids is 1. The third kappa shape index (κ3) is 3.90. The molecule has 1 saturated carbocycles. The molecule has 152 valence electrons. The largest absolute Gasteiger partial charge is 0.340 e. The molecule has 2 atom stereocenters. The van der Waals surface area contributed by atoms with Crippen LogP contribution in [0.4, 0.5) is 0 Å². The summed E-state index contributed by atoms with van der Waals surface area (Å²) in [6.45, 7) is 3.44. The first-order valence-electron chi connectivity index (χ1n) is 11.0. The summed E-state index contributed by atoms with van der Waals surface area (Å²) in [6.07, 6.45) is 1.000. The van der Waals surface area contributed by atoms with Crippen LogP contribution in [-0.4, -0.2) is 41.9 Å². The van der Waals surface area contributed by atoms with Crippen molar-refractivity contribution in [2.75, 3.05) is 26.2 Å². The molecular formula is C27H28N2O. The van der Waals surface area contributed by atoms with Gasteiger partial charge in [-0.3, -0.25) is 9.69 Å². The van der Waals surface area contributed by atoms with Crippen LogP contribution in [0.2, 0.25) is 0 Å². The number of nitrogens with zero attached hydrogens (tertiary/aromatic N) is 2. The van der Waals surface area contributed by atoms with Crippen molar-refractivity contribution in [3.05, 3.63) is 108 Å². The molecule has 3 nitrogen and oxygen atoms in total.